The smallest absolute Gasteiger partial charge is 0.227 e. The molecule has 15 heavy (non-hydrogen) atoms. The molecule has 1 heterocycles. The van der Waals surface area contributed by atoms with Crippen molar-refractivity contribution in [2.75, 3.05) is 31.8 Å². The fourth-order valence-corrected chi connectivity index (χ4v) is 2.28. The number of amides is 1. The highest BCUT2D eigenvalue weighted by atomic mass is 32.2. The Morgan fingerprint density at radius 2 is 2.40 bits per heavy atom. The quantitative estimate of drug-likeness (QED) is 0.704. The van der Waals surface area contributed by atoms with E-state index in [-0.39, 0.29) is 17.9 Å². The normalized spacial score (nSPS) is 27.7. The van der Waals surface area contributed by atoms with Gasteiger partial charge in [-0.1, -0.05) is 6.92 Å². The minimum atomic E-state index is -0.161. The lowest BCUT2D eigenvalue weighted by Gasteiger charge is -2.16. The van der Waals surface area contributed by atoms with Crippen molar-refractivity contribution in [3.05, 3.63) is 0 Å². The van der Waals surface area contributed by atoms with Gasteiger partial charge in [0.25, 0.3) is 0 Å². The molecule has 0 radical (unpaired) electrons. The monoisotopic (exact) mass is 232 g/mol. The SMILES string of the molecule is CSCC(C)CNC(=O)C1COCC1N. The lowest BCUT2D eigenvalue weighted by Crippen LogP contribution is -2.42. The molecule has 88 valence electrons. The predicted molar refractivity (Wildman–Crippen MR) is 62.8 cm³/mol. The van der Waals surface area contributed by atoms with Crippen molar-refractivity contribution in [3.63, 3.8) is 0 Å². The van der Waals surface area contributed by atoms with Crippen LogP contribution < -0.4 is 11.1 Å². The minimum Gasteiger partial charge on any atom is -0.379 e. The highest BCUT2D eigenvalue weighted by molar-refractivity contribution is 7.98. The Labute approximate surface area is 95.3 Å². The second-order valence-electron chi connectivity index (χ2n) is 4.11. The topological polar surface area (TPSA) is 64.3 Å². The minimum absolute atomic E-state index is 0.0351. The van der Waals surface area contributed by atoms with Gasteiger partial charge in [-0.2, -0.15) is 11.8 Å². The van der Waals surface area contributed by atoms with Gasteiger partial charge in [-0.25, -0.2) is 0 Å². The number of carbonyl (C=O) groups excluding carboxylic acids is 1. The lowest BCUT2D eigenvalue weighted by atomic mass is 10.0. The fraction of sp³-hybridized carbons (Fsp3) is 0.900. The van der Waals surface area contributed by atoms with Gasteiger partial charge in [0.1, 0.15) is 0 Å². The third kappa shape index (κ3) is 4.01. The maximum Gasteiger partial charge on any atom is 0.227 e. The summed E-state index contributed by atoms with van der Waals surface area (Å²) in [5.74, 6) is 1.44. The van der Waals surface area contributed by atoms with Gasteiger partial charge in [-0.3, -0.25) is 4.79 Å². The number of carbonyl (C=O) groups is 1. The third-order valence-corrected chi connectivity index (χ3v) is 3.44. The van der Waals surface area contributed by atoms with Crippen molar-refractivity contribution in [2.24, 2.45) is 17.6 Å². The molecule has 1 fully saturated rings. The van der Waals surface area contributed by atoms with Gasteiger partial charge in [0.15, 0.2) is 0 Å². The first-order chi connectivity index (χ1) is 7.15. The zero-order valence-electron chi connectivity index (χ0n) is 9.36. The molecule has 1 saturated heterocycles. The van der Waals surface area contributed by atoms with Crippen molar-refractivity contribution in [2.45, 2.75) is 13.0 Å². The molecular weight excluding hydrogens is 212 g/mol. The van der Waals surface area contributed by atoms with Crippen molar-refractivity contribution in [3.8, 4) is 0 Å². The molecule has 0 aromatic rings. The summed E-state index contributed by atoms with van der Waals surface area (Å²) >= 11 is 1.79. The Bertz CT molecular complexity index is 214. The lowest BCUT2D eigenvalue weighted by molar-refractivity contribution is -0.125. The second-order valence-corrected chi connectivity index (χ2v) is 5.02. The van der Waals surface area contributed by atoms with Crippen LogP contribution >= 0.6 is 11.8 Å². The number of nitrogens with one attached hydrogen (secondary N) is 1. The van der Waals surface area contributed by atoms with E-state index in [4.69, 9.17) is 10.5 Å². The van der Waals surface area contributed by atoms with Crippen molar-refractivity contribution in [1.82, 2.24) is 5.32 Å². The van der Waals surface area contributed by atoms with Crippen LogP contribution in [0, 0.1) is 11.8 Å². The Morgan fingerprint density at radius 3 is 2.93 bits per heavy atom. The molecule has 0 bridgehead atoms. The van der Waals surface area contributed by atoms with Crippen LogP contribution in [0.5, 0.6) is 0 Å². The number of rotatable bonds is 5. The van der Waals surface area contributed by atoms with E-state index in [0.29, 0.717) is 19.1 Å². The standard InChI is InChI=1S/C10H20N2O2S/c1-7(6-15-2)3-12-10(13)8-4-14-5-9(8)11/h7-9H,3-6,11H2,1-2H3,(H,12,13). The average molecular weight is 232 g/mol. The van der Waals surface area contributed by atoms with Gasteiger partial charge >= 0.3 is 0 Å². The highest BCUT2D eigenvalue weighted by Gasteiger charge is 2.31. The van der Waals surface area contributed by atoms with Crippen LogP contribution in [0.25, 0.3) is 0 Å². The first-order valence-electron chi connectivity index (χ1n) is 5.25. The Morgan fingerprint density at radius 1 is 1.67 bits per heavy atom. The summed E-state index contributed by atoms with van der Waals surface area (Å²) in [5, 5.41) is 2.93. The van der Waals surface area contributed by atoms with Crippen molar-refractivity contribution >= 4 is 17.7 Å². The van der Waals surface area contributed by atoms with Crippen LogP contribution in [-0.2, 0) is 9.53 Å². The van der Waals surface area contributed by atoms with Crippen LogP contribution in [0.3, 0.4) is 0 Å². The van der Waals surface area contributed by atoms with Gasteiger partial charge in [-0.15, -0.1) is 0 Å². The molecule has 0 saturated carbocycles. The average Bonchev–Trinajstić information content (AvgIpc) is 2.61. The van der Waals surface area contributed by atoms with Crippen LogP contribution in [0.1, 0.15) is 6.92 Å². The fourth-order valence-electron chi connectivity index (χ4n) is 1.59. The molecule has 3 unspecified atom stereocenters. The molecule has 4 nitrogen and oxygen atoms in total. The molecule has 1 aliphatic rings. The summed E-state index contributed by atoms with van der Waals surface area (Å²) in [5.41, 5.74) is 5.76. The molecule has 3 N–H and O–H groups in total. The number of hydrogen-bond acceptors (Lipinski definition) is 4. The second kappa shape index (κ2) is 6.35. The summed E-state index contributed by atoms with van der Waals surface area (Å²) in [6.07, 6.45) is 2.07. The molecule has 0 spiro atoms. The zero-order valence-corrected chi connectivity index (χ0v) is 10.2. The molecule has 1 rings (SSSR count). The van der Waals surface area contributed by atoms with Crippen LogP contribution in [0.2, 0.25) is 0 Å². The summed E-state index contributed by atoms with van der Waals surface area (Å²) in [7, 11) is 0. The molecule has 0 aromatic heterocycles. The van der Waals surface area contributed by atoms with E-state index >= 15 is 0 Å². The summed E-state index contributed by atoms with van der Waals surface area (Å²) in [6, 6.07) is -0.138. The maximum atomic E-state index is 11.7. The van der Waals surface area contributed by atoms with Crippen molar-refractivity contribution in [1.29, 1.82) is 0 Å². The first-order valence-corrected chi connectivity index (χ1v) is 6.64. The Balaban J connectivity index is 2.23. The van der Waals surface area contributed by atoms with Gasteiger partial charge in [0.05, 0.1) is 19.1 Å². The number of thioether (sulfide) groups is 1. The van der Waals surface area contributed by atoms with E-state index in [1.807, 2.05) is 0 Å². The highest BCUT2D eigenvalue weighted by Crippen LogP contribution is 2.11. The molecule has 3 atom stereocenters. The number of hydrogen-bond donors (Lipinski definition) is 2. The Kier molecular flexibility index (Phi) is 5.42. The van der Waals surface area contributed by atoms with Gasteiger partial charge in [-0.05, 0) is 17.9 Å². The van der Waals surface area contributed by atoms with Crippen LogP contribution in [-0.4, -0.2) is 43.7 Å². The summed E-state index contributed by atoms with van der Waals surface area (Å²) in [6.45, 7) is 3.81. The number of nitrogens with two attached hydrogens (primary N) is 1. The van der Waals surface area contributed by atoms with Gasteiger partial charge in [0.2, 0.25) is 5.91 Å². The van der Waals surface area contributed by atoms with E-state index in [9.17, 15) is 4.79 Å². The Hall–Kier alpha value is -0.260. The third-order valence-electron chi connectivity index (χ3n) is 2.54. The van der Waals surface area contributed by atoms with E-state index in [1.54, 1.807) is 11.8 Å². The maximum absolute atomic E-state index is 11.7. The largest absolute Gasteiger partial charge is 0.379 e. The van der Waals surface area contributed by atoms with Crippen LogP contribution in [0.15, 0.2) is 0 Å². The first kappa shape index (κ1) is 12.8. The van der Waals surface area contributed by atoms with E-state index in [0.717, 1.165) is 12.3 Å². The molecule has 1 aliphatic heterocycles. The van der Waals surface area contributed by atoms with Crippen LogP contribution in [0.4, 0.5) is 0 Å². The summed E-state index contributed by atoms with van der Waals surface area (Å²) < 4.78 is 5.15. The predicted octanol–water partition coefficient (Wildman–Crippen LogP) is 0.0754. The molecule has 1 amide bonds. The molecule has 5 heteroatoms. The van der Waals surface area contributed by atoms with E-state index < -0.39 is 0 Å². The molecular formula is C10H20N2O2S. The van der Waals surface area contributed by atoms with E-state index in [1.165, 1.54) is 0 Å². The molecule has 0 aromatic carbocycles. The number of ether oxygens (including phenoxy) is 1. The van der Waals surface area contributed by atoms with E-state index in [2.05, 4.69) is 18.5 Å². The molecule has 0 aliphatic carbocycles. The van der Waals surface area contributed by atoms with Gasteiger partial charge < -0.3 is 15.8 Å². The zero-order chi connectivity index (χ0) is 11.3. The summed E-state index contributed by atoms with van der Waals surface area (Å²) in [4.78, 5) is 11.7. The van der Waals surface area contributed by atoms with Crippen molar-refractivity contribution < 1.29 is 9.53 Å². The van der Waals surface area contributed by atoms with Gasteiger partial charge in [0, 0.05) is 12.6 Å².